The molecule has 1 fully saturated rings. The van der Waals surface area contributed by atoms with Crippen LogP contribution in [0.2, 0.25) is 0 Å². The van der Waals surface area contributed by atoms with E-state index in [2.05, 4.69) is 4.98 Å². The zero-order valence-electron chi connectivity index (χ0n) is 9.35. The topological polar surface area (TPSA) is 69.5 Å². The van der Waals surface area contributed by atoms with E-state index in [4.69, 9.17) is 4.42 Å². The van der Waals surface area contributed by atoms with Crippen LogP contribution in [0.1, 0.15) is 23.3 Å². The van der Waals surface area contributed by atoms with Crippen molar-refractivity contribution in [2.24, 2.45) is 0 Å². The van der Waals surface area contributed by atoms with E-state index in [1.54, 1.807) is 23.3 Å². The van der Waals surface area contributed by atoms with Gasteiger partial charge in [0.2, 0.25) is 0 Å². The lowest BCUT2D eigenvalue weighted by molar-refractivity contribution is 0.0672. The third-order valence-electron chi connectivity index (χ3n) is 3.32. The lowest BCUT2D eigenvalue weighted by Crippen LogP contribution is -2.37. The molecule has 0 aliphatic carbocycles. The average Bonchev–Trinajstić information content (AvgIpc) is 3.02. The van der Waals surface area contributed by atoms with Gasteiger partial charge in [0.25, 0.3) is 5.91 Å². The Morgan fingerprint density at radius 1 is 1.65 bits per heavy atom. The van der Waals surface area contributed by atoms with Gasteiger partial charge in [0.1, 0.15) is 5.69 Å². The molecule has 0 aromatic carbocycles. The number of furan rings is 1. The molecule has 2 aromatic heterocycles. The first-order valence-corrected chi connectivity index (χ1v) is 5.77. The molecule has 2 aromatic rings. The Labute approximate surface area is 98.0 Å². The summed E-state index contributed by atoms with van der Waals surface area (Å²) in [5.41, 5.74) is 2.04. The maximum absolute atomic E-state index is 12.2. The molecule has 1 atom stereocenters. The molecule has 0 unspecified atom stereocenters. The van der Waals surface area contributed by atoms with Gasteiger partial charge in [-0.3, -0.25) is 4.79 Å². The number of nitrogens with one attached hydrogen (secondary N) is 1. The van der Waals surface area contributed by atoms with Crippen molar-refractivity contribution in [1.29, 1.82) is 0 Å². The Hall–Kier alpha value is -1.75. The van der Waals surface area contributed by atoms with Gasteiger partial charge in [0.05, 0.1) is 24.4 Å². The van der Waals surface area contributed by atoms with Crippen LogP contribution in [0.5, 0.6) is 0 Å². The van der Waals surface area contributed by atoms with Crippen LogP contribution < -0.4 is 0 Å². The van der Waals surface area contributed by atoms with Crippen molar-refractivity contribution in [2.75, 3.05) is 13.2 Å². The highest BCUT2D eigenvalue weighted by atomic mass is 16.3. The molecule has 5 nitrogen and oxygen atoms in total. The number of carbonyl (C=O) groups excluding carboxylic acids is 1. The van der Waals surface area contributed by atoms with E-state index in [0.717, 1.165) is 18.4 Å². The van der Waals surface area contributed by atoms with Crippen molar-refractivity contribution in [3.8, 4) is 0 Å². The smallest absolute Gasteiger partial charge is 0.270 e. The summed E-state index contributed by atoms with van der Waals surface area (Å²) in [6, 6.07) is 3.46. The summed E-state index contributed by atoms with van der Waals surface area (Å²) >= 11 is 0. The number of hydrogen-bond donors (Lipinski definition) is 2. The number of H-pyrrole nitrogens is 1. The number of aliphatic hydroxyl groups is 1. The van der Waals surface area contributed by atoms with Gasteiger partial charge >= 0.3 is 0 Å². The fourth-order valence-electron chi connectivity index (χ4n) is 2.41. The van der Waals surface area contributed by atoms with Crippen LogP contribution in [0.3, 0.4) is 0 Å². The summed E-state index contributed by atoms with van der Waals surface area (Å²) < 4.78 is 5.21. The molecular formula is C12H14N2O3. The van der Waals surface area contributed by atoms with E-state index in [1.165, 1.54) is 0 Å². The number of rotatable bonds is 2. The minimum Gasteiger partial charge on any atom is -0.463 e. The molecular weight excluding hydrogens is 220 g/mol. The second-order valence-corrected chi connectivity index (χ2v) is 4.36. The normalized spacial score (nSPS) is 20.3. The monoisotopic (exact) mass is 234 g/mol. The van der Waals surface area contributed by atoms with Crippen molar-refractivity contribution in [3.63, 3.8) is 0 Å². The summed E-state index contributed by atoms with van der Waals surface area (Å²) in [5, 5.41) is 9.21. The van der Waals surface area contributed by atoms with E-state index in [0.29, 0.717) is 17.8 Å². The minimum atomic E-state index is -0.0621. The molecule has 0 spiro atoms. The first kappa shape index (κ1) is 10.4. The van der Waals surface area contributed by atoms with Crippen LogP contribution in [0.4, 0.5) is 0 Å². The third-order valence-corrected chi connectivity index (χ3v) is 3.32. The molecule has 1 saturated heterocycles. The summed E-state index contributed by atoms with van der Waals surface area (Å²) in [5.74, 6) is -0.0621. The quantitative estimate of drug-likeness (QED) is 0.824. The fraction of sp³-hybridized carbons (Fsp3) is 0.417. The Bertz CT molecular complexity index is 514. The number of nitrogens with zero attached hydrogens (tertiary/aromatic N) is 1. The first-order chi connectivity index (χ1) is 8.29. The lowest BCUT2D eigenvalue weighted by Gasteiger charge is -2.22. The van der Waals surface area contributed by atoms with E-state index in [-0.39, 0.29) is 18.6 Å². The Morgan fingerprint density at radius 2 is 2.53 bits per heavy atom. The Kier molecular flexibility index (Phi) is 2.40. The van der Waals surface area contributed by atoms with Crippen molar-refractivity contribution in [1.82, 2.24) is 9.88 Å². The Morgan fingerprint density at radius 3 is 3.29 bits per heavy atom. The van der Waals surface area contributed by atoms with Crippen LogP contribution in [0.25, 0.3) is 11.1 Å². The molecule has 17 heavy (non-hydrogen) atoms. The second-order valence-electron chi connectivity index (χ2n) is 4.36. The predicted molar refractivity (Wildman–Crippen MR) is 61.7 cm³/mol. The summed E-state index contributed by atoms with van der Waals surface area (Å²) in [4.78, 5) is 17.0. The zero-order valence-corrected chi connectivity index (χ0v) is 9.35. The third kappa shape index (κ3) is 1.63. The van der Waals surface area contributed by atoms with E-state index >= 15 is 0 Å². The summed E-state index contributed by atoms with van der Waals surface area (Å²) in [7, 11) is 0. The molecule has 1 aliphatic heterocycles. The van der Waals surface area contributed by atoms with Gasteiger partial charge in [-0.25, -0.2) is 0 Å². The van der Waals surface area contributed by atoms with Crippen LogP contribution in [0.15, 0.2) is 22.8 Å². The maximum atomic E-state index is 12.2. The molecule has 3 heterocycles. The molecule has 1 aliphatic rings. The van der Waals surface area contributed by atoms with Crippen LogP contribution in [-0.4, -0.2) is 40.1 Å². The predicted octanol–water partition coefficient (Wildman–Crippen LogP) is 1.36. The minimum absolute atomic E-state index is 0.0303. The maximum Gasteiger partial charge on any atom is 0.270 e. The number of amides is 1. The number of aromatic nitrogens is 1. The Balaban J connectivity index is 1.88. The fourth-order valence-corrected chi connectivity index (χ4v) is 2.41. The van der Waals surface area contributed by atoms with Gasteiger partial charge in [-0.05, 0) is 12.8 Å². The number of hydrogen-bond acceptors (Lipinski definition) is 3. The van der Waals surface area contributed by atoms with Gasteiger partial charge in [-0.15, -0.1) is 0 Å². The molecule has 2 N–H and O–H groups in total. The first-order valence-electron chi connectivity index (χ1n) is 5.77. The zero-order chi connectivity index (χ0) is 11.8. The van der Waals surface area contributed by atoms with Crippen LogP contribution in [-0.2, 0) is 0 Å². The largest absolute Gasteiger partial charge is 0.463 e. The van der Waals surface area contributed by atoms with Crippen molar-refractivity contribution in [2.45, 2.75) is 18.9 Å². The van der Waals surface area contributed by atoms with Crippen LogP contribution >= 0.6 is 0 Å². The molecule has 0 radical (unpaired) electrons. The highest BCUT2D eigenvalue weighted by Crippen LogP contribution is 2.22. The molecule has 90 valence electrons. The number of aromatic amines is 1. The highest BCUT2D eigenvalue weighted by molar-refractivity contribution is 5.97. The van der Waals surface area contributed by atoms with Crippen molar-refractivity contribution >= 4 is 17.0 Å². The standard InChI is InChI=1S/C12H14N2O3/c15-7-8-2-1-4-14(8)12(16)10-6-11-9(13-10)3-5-17-11/h3,5-6,8,13,15H,1-2,4,7H2/t8-/m1/s1. The molecule has 0 saturated carbocycles. The van der Waals surface area contributed by atoms with Gasteiger partial charge in [0, 0.05) is 18.7 Å². The molecule has 0 bridgehead atoms. The SMILES string of the molecule is O=C(c1cc2occc2[nH]1)N1CCC[C@@H]1CO. The molecule has 3 rings (SSSR count). The van der Waals surface area contributed by atoms with Gasteiger partial charge in [-0.2, -0.15) is 0 Å². The average molecular weight is 234 g/mol. The highest BCUT2D eigenvalue weighted by Gasteiger charge is 2.29. The van der Waals surface area contributed by atoms with Crippen molar-refractivity contribution < 1.29 is 14.3 Å². The van der Waals surface area contributed by atoms with Gasteiger partial charge < -0.3 is 19.4 Å². The van der Waals surface area contributed by atoms with E-state index in [9.17, 15) is 9.90 Å². The van der Waals surface area contributed by atoms with Crippen LogP contribution in [0, 0.1) is 0 Å². The molecule has 5 heteroatoms. The number of likely N-dealkylation sites (tertiary alicyclic amines) is 1. The summed E-state index contributed by atoms with van der Waals surface area (Å²) in [6.45, 7) is 0.743. The van der Waals surface area contributed by atoms with Gasteiger partial charge in [0.15, 0.2) is 5.58 Å². The van der Waals surface area contributed by atoms with E-state index in [1.807, 2.05) is 0 Å². The number of carbonyl (C=O) groups is 1. The summed E-state index contributed by atoms with van der Waals surface area (Å²) in [6.07, 6.45) is 3.41. The molecule has 1 amide bonds. The number of aliphatic hydroxyl groups excluding tert-OH is 1. The van der Waals surface area contributed by atoms with Gasteiger partial charge in [-0.1, -0.05) is 0 Å². The second kappa shape index (κ2) is 3.92. The van der Waals surface area contributed by atoms with E-state index < -0.39 is 0 Å². The van der Waals surface area contributed by atoms with Crippen molar-refractivity contribution in [3.05, 3.63) is 24.1 Å². The number of fused-ring (bicyclic) bond motifs is 1. The lowest BCUT2D eigenvalue weighted by atomic mass is 10.2.